The van der Waals surface area contributed by atoms with Crippen molar-refractivity contribution in [3.05, 3.63) is 0 Å². The van der Waals surface area contributed by atoms with E-state index in [0.717, 1.165) is 6.54 Å². The molecule has 5 nitrogen and oxygen atoms in total. The Balaban J connectivity index is 2.65. The molecule has 0 aromatic heterocycles. The first-order valence-electron chi connectivity index (χ1n) is 5.48. The van der Waals surface area contributed by atoms with Gasteiger partial charge >= 0.3 is 5.97 Å². The number of rotatable bonds is 3. The summed E-state index contributed by atoms with van der Waals surface area (Å²) in [4.78, 5) is 25.0. The Morgan fingerprint density at radius 2 is 2.25 bits per heavy atom. The van der Waals surface area contributed by atoms with Crippen LogP contribution < -0.4 is 5.32 Å². The molecule has 0 radical (unpaired) electrons. The van der Waals surface area contributed by atoms with Crippen LogP contribution in [0, 0.1) is 5.41 Å². The summed E-state index contributed by atoms with van der Waals surface area (Å²) in [5.41, 5.74) is -0.583. The van der Waals surface area contributed by atoms with Crippen molar-refractivity contribution < 1.29 is 14.3 Å². The van der Waals surface area contributed by atoms with E-state index in [1.807, 2.05) is 25.7 Å². The highest BCUT2D eigenvalue weighted by molar-refractivity contribution is 5.82. The Morgan fingerprint density at radius 1 is 1.62 bits per heavy atom. The number of methoxy groups -OCH3 is 1. The molecule has 1 fully saturated rings. The lowest BCUT2D eigenvalue weighted by molar-refractivity contribution is -0.153. The molecular formula is C11H20N2O3. The van der Waals surface area contributed by atoms with Crippen molar-refractivity contribution in [1.29, 1.82) is 0 Å². The van der Waals surface area contributed by atoms with Crippen LogP contribution in [0.2, 0.25) is 0 Å². The number of carbonyl (C=O) groups excluding carboxylic acids is 2. The van der Waals surface area contributed by atoms with Crippen LogP contribution in [0.3, 0.4) is 0 Å². The Labute approximate surface area is 96.1 Å². The zero-order valence-corrected chi connectivity index (χ0v) is 10.4. The fourth-order valence-electron chi connectivity index (χ4n) is 1.89. The van der Waals surface area contributed by atoms with Crippen LogP contribution in [0.5, 0.6) is 0 Å². The molecule has 0 saturated carbocycles. The third-order valence-corrected chi connectivity index (χ3v) is 2.96. The Kier molecular flexibility index (Phi) is 3.91. The molecule has 1 atom stereocenters. The molecule has 1 rings (SSSR count). The fourth-order valence-corrected chi connectivity index (χ4v) is 1.89. The molecule has 0 spiro atoms. The summed E-state index contributed by atoms with van der Waals surface area (Å²) >= 11 is 0. The maximum atomic E-state index is 11.5. The van der Waals surface area contributed by atoms with E-state index >= 15 is 0 Å². The van der Waals surface area contributed by atoms with Gasteiger partial charge in [-0.15, -0.1) is 0 Å². The van der Waals surface area contributed by atoms with Gasteiger partial charge in [0.15, 0.2) is 0 Å². The Bertz CT molecular complexity index is 289. The molecule has 1 saturated heterocycles. The summed E-state index contributed by atoms with van der Waals surface area (Å²) in [7, 11) is 1.39. The number of nitrogens with one attached hydrogen (secondary N) is 1. The summed E-state index contributed by atoms with van der Waals surface area (Å²) in [6.07, 6.45) is 0. The number of carbonyl (C=O) groups is 2. The summed E-state index contributed by atoms with van der Waals surface area (Å²) in [5, 5.41) is 2.79. The quantitative estimate of drug-likeness (QED) is 0.691. The van der Waals surface area contributed by atoms with E-state index in [4.69, 9.17) is 4.74 Å². The molecule has 5 heteroatoms. The first-order valence-corrected chi connectivity index (χ1v) is 5.48. The largest absolute Gasteiger partial charge is 0.469 e. The van der Waals surface area contributed by atoms with Gasteiger partial charge in [-0.05, 0) is 20.8 Å². The highest BCUT2D eigenvalue weighted by Gasteiger charge is 2.35. The van der Waals surface area contributed by atoms with Crippen LogP contribution in [0.15, 0.2) is 0 Å². The van der Waals surface area contributed by atoms with Crippen molar-refractivity contribution >= 4 is 11.9 Å². The number of amides is 1. The molecule has 16 heavy (non-hydrogen) atoms. The van der Waals surface area contributed by atoms with Crippen LogP contribution in [-0.2, 0) is 14.3 Å². The maximum absolute atomic E-state index is 11.5. The van der Waals surface area contributed by atoms with Crippen LogP contribution in [0.4, 0.5) is 0 Å². The molecule has 0 aliphatic carbocycles. The van der Waals surface area contributed by atoms with Gasteiger partial charge in [0.25, 0.3) is 0 Å². The lowest BCUT2D eigenvalue weighted by Crippen LogP contribution is -2.56. The lowest BCUT2D eigenvalue weighted by Gasteiger charge is -2.37. The van der Waals surface area contributed by atoms with E-state index in [0.29, 0.717) is 13.1 Å². The van der Waals surface area contributed by atoms with E-state index in [1.54, 1.807) is 0 Å². The average Bonchev–Trinajstić information content (AvgIpc) is 2.23. The predicted molar refractivity (Wildman–Crippen MR) is 59.8 cm³/mol. The van der Waals surface area contributed by atoms with Crippen molar-refractivity contribution in [2.45, 2.75) is 26.8 Å². The summed E-state index contributed by atoms with van der Waals surface area (Å²) < 4.78 is 4.75. The van der Waals surface area contributed by atoms with E-state index in [2.05, 4.69) is 5.32 Å². The summed E-state index contributed by atoms with van der Waals surface area (Å²) in [5.74, 6) is -0.224. The van der Waals surface area contributed by atoms with Crippen molar-refractivity contribution in [3.63, 3.8) is 0 Å². The Hall–Kier alpha value is -1.10. The molecule has 0 aromatic carbocycles. The molecule has 1 N–H and O–H groups in total. The van der Waals surface area contributed by atoms with Gasteiger partial charge in [0.1, 0.15) is 0 Å². The summed E-state index contributed by atoms with van der Waals surface area (Å²) in [6.45, 7) is 7.46. The smallest absolute Gasteiger partial charge is 0.312 e. The predicted octanol–water partition coefficient (Wildman–Crippen LogP) is 0.00590. The second-order valence-corrected chi connectivity index (χ2v) is 4.81. The molecule has 1 aliphatic rings. The van der Waals surface area contributed by atoms with E-state index in [1.165, 1.54) is 7.11 Å². The van der Waals surface area contributed by atoms with Crippen LogP contribution >= 0.6 is 0 Å². The second-order valence-electron chi connectivity index (χ2n) is 4.81. The highest BCUT2D eigenvalue weighted by Crippen LogP contribution is 2.20. The number of hydrogen-bond donors (Lipinski definition) is 1. The SMILES string of the molecule is COC(=O)C(C)(C)CN1CCNC(=O)C1C. The molecule has 0 bridgehead atoms. The van der Waals surface area contributed by atoms with E-state index < -0.39 is 5.41 Å². The standard InChI is InChI=1S/C11H20N2O3/c1-8-9(14)12-5-6-13(8)7-11(2,3)10(15)16-4/h8H,5-7H2,1-4H3,(H,12,14). The van der Waals surface area contributed by atoms with Gasteiger partial charge in [0, 0.05) is 19.6 Å². The third-order valence-electron chi connectivity index (χ3n) is 2.96. The van der Waals surface area contributed by atoms with Gasteiger partial charge in [-0.1, -0.05) is 0 Å². The van der Waals surface area contributed by atoms with Gasteiger partial charge in [-0.2, -0.15) is 0 Å². The minimum atomic E-state index is -0.583. The first kappa shape index (κ1) is 13.0. The molecule has 1 aliphatic heterocycles. The van der Waals surface area contributed by atoms with Crippen LogP contribution in [-0.4, -0.2) is 49.6 Å². The number of esters is 1. The number of ether oxygens (including phenoxy) is 1. The normalized spacial score (nSPS) is 22.8. The first-order chi connectivity index (χ1) is 7.38. The molecular weight excluding hydrogens is 208 g/mol. The molecule has 1 amide bonds. The van der Waals surface area contributed by atoms with E-state index in [-0.39, 0.29) is 17.9 Å². The second kappa shape index (κ2) is 4.82. The zero-order valence-electron chi connectivity index (χ0n) is 10.4. The van der Waals surface area contributed by atoms with Gasteiger partial charge in [-0.25, -0.2) is 0 Å². The van der Waals surface area contributed by atoms with Crippen molar-refractivity contribution in [2.75, 3.05) is 26.7 Å². The number of nitrogens with zero attached hydrogens (tertiary/aromatic N) is 1. The van der Waals surface area contributed by atoms with Crippen molar-refractivity contribution in [2.24, 2.45) is 5.41 Å². The Morgan fingerprint density at radius 3 is 2.81 bits per heavy atom. The van der Waals surface area contributed by atoms with Crippen molar-refractivity contribution in [3.8, 4) is 0 Å². The third kappa shape index (κ3) is 2.72. The maximum Gasteiger partial charge on any atom is 0.312 e. The molecule has 1 unspecified atom stereocenters. The topological polar surface area (TPSA) is 58.6 Å². The molecule has 0 aromatic rings. The zero-order chi connectivity index (χ0) is 12.3. The monoisotopic (exact) mass is 228 g/mol. The lowest BCUT2D eigenvalue weighted by atomic mass is 9.92. The van der Waals surface area contributed by atoms with Gasteiger partial charge in [-0.3, -0.25) is 14.5 Å². The van der Waals surface area contributed by atoms with Crippen LogP contribution in [0.25, 0.3) is 0 Å². The fraction of sp³-hybridized carbons (Fsp3) is 0.818. The van der Waals surface area contributed by atoms with Gasteiger partial charge in [0.2, 0.25) is 5.91 Å². The highest BCUT2D eigenvalue weighted by atomic mass is 16.5. The van der Waals surface area contributed by atoms with Gasteiger partial charge < -0.3 is 10.1 Å². The molecule has 92 valence electrons. The minimum absolute atomic E-state index is 0.0203. The summed E-state index contributed by atoms with van der Waals surface area (Å²) in [6, 6.07) is -0.183. The van der Waals surface area contributed by atoms with Crippen LogP contribution in [0.1, 0.15) is 20.8 Å². The number of piperazine rings is 1. The average molecular weight is 228 g/mol. The van der Waals surface area contributed by atoms with E-state index in [9.17, 15) is 9.59 Å². The van der Waals surface area contributed by atoms with Crippen molar-refractivity contribution in [1.82, 2.24) is 10.2 Å². The number of hydrogen-bond acceptors (Lipinski definition) is 4. The minimum Gasteiger partial charge on any atom is -0.469 e. The molecule has 1 heterocycles. The van der Waals surface area contributed by atoms with Gasteiger partial charge in [0.05, 0.1) is 18.6 Å².